The zero-order chi connectivity index (χ0) is 16.8. The first-order valence-corrected chi connectivity index (χ1v) is 7.51. The maximum absolute atomic E-state index is 12.5. The summed E-state index contributed by atoms with van der Waals surface area (Å²) in [4.78, 5) is 24.5. The number of methoxy groups -OCH3 is 1. The van der Waals surface area contributed by atoms with E-state index in [0.717, 1.165) is 16.7 Å². The number of rotatable bonds is 5. The van der Waals surface area contributed by atoms with Crippen LogP contribution in [0.4, 0.5) is 0 Å². The monoisotopic (exact) mass is 311 g/mol. The summed E-state index contributed by atoms with van der Waals surface area (Å²) < 4.78 is 4.82. The summed E-state index contributed by atoms with van der Waals surface area (Å²) in [6.45, 7) is 3.85. The van der Waals surface area contributed by atoms with E-state index in [1.807, 2.05) is 56.3 Å². The predicted octanol–water partition coefficient (Wildman–Crippen LogP) is 2.82. The third-order valence-corrected chi connectivity index (χ3v) is 3.70. The van der Waals surface area contributed by atoms with Gasteiger partial charge in [0.25, 0.3) is 5.91 Å². The van der Waals surface area contributed by atoms with Crippen molar-refractivity contribution in [2.24, 2.45) is 0 Å². The van der Waals surface area contributed by atoms with Gasteiger partial charge in [0, 0.05) is 12.0 Å². The Labute approximate surface area is 136 Å². The summed E-state index contributed by atoms with van der Waals surface area (Å²) in [6, 6.07) is 14.4. The van der Waals surface area contributed by atoms with Gasteiger partial charge >= 0.3 is 5.97 Å². The van der Waals surface area contributed by atoms with E-state index in [0.29, 0.717) is 12.0 Å². The van der Waals surface area contributed by atoms with Gasteiger partial charge in [-0.25, -0.2) is 4.79 Å². The van der Waals surface area contributed by atoms with Crippen molar-refractivity contribution in [3.63, 3.8) is 0 Å². The number of hydrogen-bond acceptors (Lipinski definition) is 3. The maximum Gasteiger partial charge on any atom is 0.328 e. The van der Waals surface area contributed by atoms with Gasteiger partial charge in [-0.15, -0.1) is 0 Å². The summed E-state index contributed by atoms with van der Waals surface area (Å²) in [5, 5.41) is 2.78. The minimum atomic E-state index is -0.712. The quantitative estimate of drug-likeness (QED) is 0.864. The first-order chi connectivity index (χ1) is 11.0. The molecule has 4 heteroatoms. The molecule has 0 aliphatic rings. The van der Waals surface area contributed by atoms with Crippen molar-refractivity contribution in [2.45, 2.75) is 26.3 Å². The Balaban J connectivity index is 2.17. The molecule has 0 saturated carbocycles. The second-order valence-corrected chi connectivity index (χ2v) is 5.56. The third kappa shape index (κ3) is 4.42. The third-order valence-electron chi connectivity index (χ3n) is 3.70. The van der Waals surface area contributed by atoms with E-state index in [-0.39, 0.29) is 5.91 Å². The molecule has 2 aromatic carbocycles. The summed E-state index contributed by atoms with van der Waals surface area (Å²) in [5.41, 5.74) is 3.50. The lowest BCUT2D eigenvalue weighted by molar-refractivity contribution is -0.142. The molecule has 1 amide bonds. The Morgan fingerprint density at radius 3 is 2.39 bits per heavy atom. The molecule has 0 aromatic heterocycles. The van der Waals surface area contributed by atoms with E-state index in [2.05, 4.69) is 5.32 Å². The van der Waals surface area contributed by atoms with Crippen molar-refractivity contribution in [3.05, 3.63) is 70.8 Å². The highest BCUT2D eigenvalue weighted by atomic mass is 16.5. The molecule has 2 rings (SSSR count). The Kier molecular flexibility index (Phi) is 5.52. The number of benzene rings is 2. The molecule has 0 bridgehead atoms. The molecular formula is C19H21NO3. The fourth-order valence-electron chi connectivity index (χ4n) is 2.49. The van der Waals surface area contributed by atoms with Crippen molar-refractivity contribution < 1.29 is 14.3 Å². The van der Waals surface area contributed by atoms with Crippen molar-refractivity contribution in [3.8, 4) is 0 Å². The standard InChI is InChI=1S/C19H21NO3/c1-13-9-10-16(14(2)11-13)18(21)20-17(19(22)23-3)12-15-7-5-4-6-8-15/h4-11,17H,12H2,1-3H3,(H,20,21)/t17-/m0/s1. The Morgan fingerprint density at radius 1 is 1.09 bits per heavy atom. The van der Waals surface area contributed by atoms with Crippen LogP contribution in [0, 0.1) is 13.8 Å². The molecular weight excluding hydrogens is 290 g/mol. The topological polar surface area (TPSA) is 55.4 Å². The van der Waals surface area contributed by atoms with E-state index >= 15 is 0 Å². The van der Waals surface area contributed by atoms with Crippen LogP contribution < -0.4 is 5.32 Å². The van der Waals surface area contributed by atoms with Crippen LogP contribution in [0.5, 0.6) is 0 Å². The molecule has 0 heterocycles. The smallest absolute Gasteiger partial charge is 0.328 e. The van der Waals surface area contributed by atoms with Gasteiger partial charge in [0.15, 0.2) is 0 Å². The average Bonchev–Trinajstić information content (AvgIpc) is 2.54. The SMILES string of the molecule is COC(=O)[C@H](Cc1ccccc1)NC(=O)c1ccc(C)cc1C. The fraction of sp³-hybridized carbons (Fsp3) is 0.263. The molecule has 0 saturated heterocycles. The zero-order valence-corrected chi connectivity index (χ0v) is 13.6. The van der Waals surface area contributed by atoms with Crippen LogP contribution >= 0.6 is 0 Å². The average molecular weight is 311 g/mol. The molecule has 23 heavy (non-hydrogen) atoms. The van der Waals surface area contributed by atoms with Gasteiger partial charge in [-0.05, 0) is 31.0 Å². The second-order valence-electron chi connectivity index (χ2n) is 5.56. The Bertz CT molecular complexity index is 695. The molecule has 2 aromatic rings. The summed E-state index contributed by atoms with van der Waals surface area (Å²) in [7, 11) is 1.32. The number of nitrogens with one attached hydrogen (secondary N) is 1. The van der Waals surface area contributed by atoms with Gasteiger partial charge in [-0.3, -0.25) is 4.79 Å². The summed E-state index contributed by atoms with van der Waals surface area (Å²) in [5.74, 6) is -0.721. The lowest BCUT2D eigenvalue weighted by atomic mass is 10.0. The van der Waals surface area contributed by atoms with Crippen LogP contribution in [0.1, 0.15) is 27.0 Å². The number of carbonyl (C=O) groups excluding carboxylic acids is 2. The molecule has 0 spiro atoms. The van der Waals surface area contributed by atoms with Gasteiger partial charge in [0.05, 0.1) is 7.11 Å². The number of hydrogen-bond donors (Lipinski definition) is 1. The van der Waals surface area contributed by atoms with Crippen LogP contribution in [0.3, 0.4) is 0 Å². The van der Waals surface area contributed by atoms with Crippen LogP contribution in [-0.4, -0.2) is 25.0 Å². The highest BCUT2D eigenvalue weighted by Gasteiger charge is 2.23. The van der Waals surface area contributed by atoms with E-state index < -0.39 is 12.0 Å². The molecule has 1 N–H and O–H groups in total. The lowest BCUT2D eigenvalue weighted by Crippen LogP contribution is -2.43. The summed E-state index contributed by atoms with van der Waals surface area (Å²) in [6.07, 6.45) is 0.393. The number of aryl methyl sites for hydroxylation is 2. The molecule has 0 unspecified atom stereocenters. The first kappa shape index (κ1) is 16.7. The van der Waals surface area contributed by atoms with Crippen molar-refractivity contribution >= 4 is 11.9 Å². The van der Waals surface area contributed by atoms with Crippen LogP contribution in [0.2, 0.25) is 0 Å². The van der Waals surface area contributed by atoms with E-state index in [1.165, 1.54) is 7.11 Å². The first-order valence-electron chi connectivity index (χ1n) is 7.51. The number of carbonyl (C=O) groups is 2. The van der Waals surface area contributed by atoms with Crippen molar-refractivity contribution in [1.82, 2.24) is 5.32 Å². The Hall–Kier alpha value is -2.62. The van der Waals surface area contributed by atoms with Crippen LogP contribution in [0.15, 0.2) is 48.5 Å². The van der Waals surface area contributed by atoms with Crippen LogP contribution in [-0.2, 0) is 16.0 Å². The number of esters is 1. The van der Waals surface area contributed by atoms with Gasteiger partial charge in [0.2, 0.25) is 0 Å². The minimum absolute atomic E-state index is 0.270. The molecule has 0 aliphatic heterocycles. The summed E-state index contributed by atoms with van der Waals surface area (Å²) >= 11 is 0. The molecule has 0 aliphatic carbocycles. The molecule has 4 nitrogen and oxygen atoms in total. The molecule has 1 atom stereocenters. The maximum atomic E-state index is 12.5. The van der Waals surface area contributed by atoms with Gasteiger partial charge < -0.3 is 10.1 Å². The molecule has 120 valence electrons. The highest BCUT2D eigenvalue weighted by Crippen LogP contribution is 2.12. The second kappa shape index (κ2) is 7.58. The number of amides is 1. The lowest BCUT2D eigenvalue weighted by Gasteiger charge is -2.17. The molecule has 0 fully saturated rings. The number of ether oxygens (including phenoxy) is 1. The largest absolute Gasteiger partial charge is 0.467 e. The Morgan fingerprint density at radius 2 is 1.78 bits per heavy atom. The highest BCUT2D eigenvalue weighted by molar-refractivity contribution is 5.98. The van der Waals surface area contributed by atoms with Crippen LogP contribution in [0.25, 0.3) is 0 Å². The van der Waals surface area contributed by atoms with E-state index in [9.17, 15) is 9.59 Å². The molecule has 0 radical (unpaired) electrons. The van der Waals surface area contributed by atoms with Crippen molar-refractivity contribution in [1.29, 1.82) is 0 Å². The predicted molar refractivity (Wildman–Crippen MR) is 89.3 cm³/mol. The normalized spacial score (nSPS) is 11.6. The zero-order valence-electron chi connectivity index (χ0n) is 13.6. The van der Waals surface area contributed by atoms with Gasteiger partial charge in [-0.1, -0.05) is 48.0 Å². The van der Waals surface area contributed by atoms with Gasteiger partial charge in [-0.2, -0.15) is 0 Å². The van der Waals surface area contributed by atoms with E-state index in [1.54, 1.807) is 6.07 Å². The van der Waals surface area contributed by atoms with Crippen molar-refractivity contribution in [2.75, 3.05) is 7.11 Å². The fourth-order valence-corrected chi connectivity index (χ4v) is 2.49. The minimum Gasteiger partial charge on any atom is -0.467 e. The van der Waals surface area contributed by atoms with Gasteiger partial charge in [0.1, 0.15) is 6.04 Å². The van der Waals surface area contributed by atoms with E-state index in [4.69, 9.17) is 4.74 Å².